The fourth-order valence-corrected chi connectivity index (χ4v) is 3.52. The lowest BCUT2D eigenvalue weighted by molar-refractivity contribution is -0.132. The Hall–Kier alpha value is -2.41. The van der Waals surface area contributed by atoms with Gasteiger partial charge < -0.3 is 21.3 Å². The van der Waals surface area contributed by atoms with Crippen molar-refractivity contribution in [3.05, 3.63) is 35.9 Å². The van der Waals surface area contributed by atoms with Gasteiger partial charge in [0.2, 0.25) is 17.7 Å². The van der Waals surface area contributed by atoms with Crippen molar-refractivity contribution in [1.82, 2.24) is 21.3 Å². The predicted molar refractivity (Wildman–Crippen MR) is 118 cm³/mol. The molecule has 0 saturated carbocycles. The zero-order valence-electron chi connectivity index (χ0n) is 18.4. The van der Waals surface area contributed by atoms with Crippen LogP contribution in [0, 0.1) is 5.92 Å². The van der Waals surface area contributed by atoms with Gasteiger partial charge in [0, 0.05) is 6.54 Å². The number of benzene rings is 1. The van der Waals surface area contributed by atoms with Gasteiger partial charge in [-0.2, -0.15) is 0 Å². The normalized spacial score (nSPS) is 24.9. The van der Waals surface area contributed by atoms with Gasteiger partial charge in [0.1, 0.15) is 12.1 Å². The summed E-state index contributed by atoms with van der Waals surface area (Å²) < 4.78 is 0. The summed E-state index contributed by atoms with van der Waals surface area (Å²) in [7, 11) is 0. The van der Waals surface area contributed by atoms with Crippen LogP contribution in [0.4, 0.5) is 0 Å². The summed E-state index contributed by atoms with van der Waals surface area (Å²) in [6, 6.07) is 8.10. The Morgan fingerprint density at radius 2 is 1.57 bits per heavy atom. The van der Waals surface area contributed by atoms with E-state index in [0.717, 1.165) is 24.8 Å². The third-order valence-electron chi connectivity index (χ3n) is 5.23. The molecule has 1 aliphatic rings. The molecule has 7 nitrogen and oxygen atoms in total. The van der Waals surface area contributed by atoms with Crippen LogP contribution in [0.5, 0.6) is 0 Å². The van der Waals surface area contributed by atoms with E-state index in [1.807, 2.05) is 44.2 Å². The lowest BCUT2D eigenvalue weighted by atomic mass is 10.0. The molecule has 1 aromatic carbocycles. The number of carbonyl (C=O) groups excluding carboxylic acids is 3. The summed E-state index contributed by atoms with van der Waals surface area (Å²) in [6.07, 6.45) is 3.83. The zero-order valence-corrected chi connectivity index (χ0v) is 18.4. The van der Waals surface area contributed by atoms with Gasteiger partial charge in [0.25, 0.3) is 0 Å². The molecule has 1 saturated heterocycles. The lowest BCUT2D eigenvalue weighted by Gasteiger charge is -2.24. The zero-order chi connectivity index (χ0) is 21.9. The molecule has 1 fully saturated rings. The van der Waals surface area contributed by atoms with Gasteiger partial charge in [-0.3, -0.25) is 14.4 Å². The van der Waals surface area contributed by atoms with E-state index in [2.05, 4.69) is 21.3 Å². The molecule has 0 spiro atoms. The van der Waals surface area contributed by atoms with E-state index in [1.165, 1.54) is 0 Å². The van der Waals surface area contributed by atoms with Crippen LogP contribution < -0.4 is 21.3 Å². The van der Waals surface area contributed by atoms with Gasteiger partial charge in [-0.1, -0.05) is 50.6 Å². The maximum Gasteiger partial charge on any atom is 0.242 e. The third-order valence-corrected chi connectivity index (χ3v) is 5.23. The summed E-state index contributed by atoms with van der Waals surface area (Å²) in [6.45, 7) is 6.97. The number of hydrogen-bond donors (Lipinski definition) is 4. The minimum atomic E-state index is -0.731. The molecule has 1 aliphatic heterocycles. The van der Waals surface area contributed by atoms with Crippen molar-refractivity contribution in [3.8, 4) is 0 Å². The second kappa shape index (κ2) is 12.3. The van der Waals surface area contributed by atoms with E-state index in [1.54, 1.807) is 6.92 Å². The van der Waals surface area contributed by atoms with Gasteiger partial charge in [0.15, 0.2) is 0 Å². The van der Waals surface area contributed by atoms with Crippen molar-refractivity contribution in [1.29, 1.82) is 0 Å². The van der Waals surface area contributed by atoms with Crippen LogP contribution in [0.3, 0.4) is 0 Å². The van der Waals surface area contributed by atoms with E-state index >= 15 is 0 Å². The van der Waals surface area contributed by atoms with E-state index in [4.69, 9.17) is 0 Å². The average Bonchev–Trinajstić information content (AvgIpc) is 2.71. The highest BCUT2D eigenvalue weighted by atomic mass is 16.2. The summed E-state index contributed by atoms with van der Waals surface area (Å²) in [5, 5.41) is 11.9. The first-order chi connectivity index (χ1) is 14.4. The standard InChI is InChI=1S/C23H36N4O3/c1-16(2)14-20-22(29)25-13-9-5-8-12-24-19(15-18-10-6-4-7-11-18)23(30)26-17(3)21(28)27-20/h4,6-7,10-11,16-17,19-20,24H,5,8-9,12-15H2,1-3H3,(H,25,29)(H,26,30)(H,27,28)/t17-,19-,20-/m0/s1. The van der Waals surface area contributed by atoms with Crippen molar-refractivity contribution in [2.24, 2.45) is 5.92 Å². The van der Waals surface area contributed by atoms with Gasteiger partial charge in [-0.25, -0.2) is 0 Å². The Labute approximate surface area is 179 Å². The average molecular weight is 417 g/mol. The topological polar surface area (TPSA) is 99.3 Å². The van der Waals surface area contributed by atoms with Gasteiger partial charge in [0.05, 0.1) is 6.04 Å². The highest BCUT2D eigenvalue weighted by Crippen LogP contribution is 2.07. The second-order valence-corrected chi connectivity index (χ2v) is 8.47. The fourth-order valence-electron chi connectivity index (χ4n) is 3.52. The molecular formula is C23H36N4O3. The second-order valence-electron chi connectivity index (χ2n) is 8.47. The fraction of sp³-hybridized carbons (Fsp3) is 0.609. The van der Waals surface area contributed by atoms with E-state index < -0.39 is 18.1 Å². The Balaban J connectivity index is 2.11. The minimum absolute atomic E-state index is 0.162. The molecule has 3 amide bonds. The molecule has 0 radical (unpaired) electrons. The highest BCUT2D eigenvalue weighted by Gasteiger charge is 2.27. The van der Waals surface area contributed by atoms with Crippen molar-refractivity contribution >= 4 is 17.7 Å². The van der Waals surface area contributed by atoms with Crippen LogP contribution in [0.25, 0.3) is 0 Å². The molecule has 1 heterocycles. The van der Waals surface area contributed by atoms with Crippen molar-refractivity contribution in [2.75, 3.05) is 13.1 Å². The first kappa shape index (κ1) is 23.9. The Bertz CT molecular complexity index is 693. The summed E-state index contributed by atoms with van der Waals surface area (Å²) >= 11 is 0. The van der Waals surface area contributed by atoms with Crippen molar-refractivity contribution < 1.29 is 14.4 Å². The predicted octanol–water partition coefficient (Wildman–Crippen LogP) is 1.52. The number of carbonyl (C=O) groups is 3. The Kier molecular flexibility index (Phi) is 9.80. The van der Waals surface area contributed by atoms with Crippen LogP contribution in [0.15, 0.2) is 30.3 Å². The molecule has 0 aromatic heterocycles. The van der Waals surface area contributed by atoms with E-state index in [-0.39, 0.29) is 23.6 Å². The quantitative estimate of drug-likeness (QED) is 0.598. The third kappa shape index (κ3) is 8.14. The largest absolute Gasteiger partial charge is 0.354 e. The molecule has 1 aromatic rings. The van der Waals surface area contributed by atoms with Crippen LogP contribution >= 0.6 is 0 Å². The molecule has 0 unspecified atom stereocenters. The smallest absolute Gasteiger partial charge is 0.242 e. The number of amides is 3. The minimum Gasteiger partial charge on any atom is -0.354 e. The van der Waals surface area contributed by atoms with E-state index in [9.17, 15) is 14.4 Å². The molecule has 0 aliphatic carbocycles. The summed E-state index contributed by atoms with van der Waals surface area (Å²) in [5.41, 5.74) is 1.06. The Morgan fingerprint density at radius 1 is 0.867 bits per heavy atom. The van der Waals surface area contributed by atoms with Crippen LogP contribution in [0.2, 0.25) is 0 Å². The highest BCUT2D eigenvalue weighted by molar-refractivity contribution is 5.92. The molecule has 0 bridgehead atoms. The van der Waals surface area contributed by atoms with Crippen LogP contribution in [-0.4, -0.2) is 48.9 Å². The van der Waals surface area contributed by atoms with E-state index in [0.29, 0.717) is 25.9 Å². The SMILES string of the molecule is CC(C)C[C@@H]1NC(=O)[C@H](C)NC(=O)[C@H](Cc2ccccc2)NCCCCCNC1=O. The van der Waals surface area contributed by atoms with Crippen LogP contribution in [0.1, 0.15) is 52.0 Å². The van der Waals surface area contributed by atoms with Gasteiger partial charge in [-0.05, 0) is 50.6 Å². The maximum absolute atomic E-state index is 12.9. The molecule has 30 heavy (non-hydrogen) atoms. The summed E-state index contributed by atoms with van der Waals surface area (Å²) in [5.74, 6) is -0.461. The molecule has 3 atom stereocenters. The molecular weight excluding hydrogens is 380 g/mol. The van der Waals surface area contributed by atoms with Crippen molar-refractivity contribution in [3.63, 3.8) is 0 Å². The monoisotopic (exact) mass is 416 g/mol. The van der Waals surface area contributed by atoms with Gasteiger partial charge >= 0.3 is 0 Å². The van der Waals surface area contributed by atoms with Crippen molar-refractivity contribution in [2.45, 2.75) is 71.0 Å². The lowest BCUT2D eigenvalue weighted by Crippen LogP contribution is -2.55. The first-order valence-electron chi connectivity index (χ1n) is 11.0. The van der Waals surface area contributed by atoms with Crippen LogP contribution in [-0.2, 0) is 20.8 Å². The number of hydrogen-bond acceptors (Lipinski definition) is 4. The number of rotatable bonds is 4. The molecule has 166 valence electrons. The maximum atomic E-state index is 12.9. The van der Waals surface area contributed by atoms with Gasteiger partial charge in [-0.15, -0.1) is 0 Å². The summed E-state index contributed by atoms with van der Waals surface area (Å²) in [4.78, 5) is 38.1. The Morgan fingerprint density at radius 3 is 2.27 bits per heavy atom. The molecule has 7 heteroatoms. The first-order valence-corrected chi connectivity index (χ1v) is 11.0. The number of nitrogens with one attached hydrogen (secondary N) is 4. The molecule has 4 N–H and O–H groups in total. The molecule has 2 rings (SSSR count).